The Bertz CT molecular complexity index is 724. The Morgan fingerprint density at radius 3 is 2.71 bits per heavy atom. The number of thiazole rings is 1. The molecule has 114 valence electrons. The highest BCUT2D eigenvalue weighted by Gasteiger charge is 2.17. The van der Waals surface area contributed by atoms with Gasteiger partial charge in [-0.15, -0.1) is 11.3 Å². The van der Waals surface area contributed by atoms with E-state index in [0.717, 1.165) is 10.7 Å². The number of hydrogen-bond acceptors (Lipinski definition) is 5. The molecule has 1 aromatic heterocycles. The van der Waals surface area contributed by atoms with Crippen molar-refractivity contribution < 1.29 is 13.5 Å². The number of aromatic nitrogens is 1. The fourth-order valence-corrected chi connectivity index (χ4v) is 4.10. The van der Waals surface area contributed by atoms with Crippen LogP contribution in [-0.4, -0.2) is 25.1 Å². The highest BCUT2D eigenvalue weighted by Crippen LogP contribution is 2.19. The molecule has 1 heterocycles. The summed E-state index contributed by atoms with van der Waals surface area (Å²) in [4.78, 5) is 4.51. The zero-order valence-electron chi connectivity index (χ0n) is 12.0. The van der Waals surface area contributed by atoms with Crippen LogP contribution >= 0.6 is 11.3 Å². The van der Waals surface area contributed by atoms with Crippen LogP contribution in [-0.2, 0) is 23.1 Å². The molecule has 0 aliphatic carbocycles. The minimum absolute atomic E-state index is 0.173. The lowest BCUT2D eigenvalue weighted by molar-refractivity contribution is 0.280. The minimum Gasteiger partial charge on any atom is -0.392 e. The highest BCUT2D eigenvalue weighted by atomic mass is 32.2. The van der Waals surface area contributed by atoms with Gasteiger partial charge in [-0.25, -0.2) is 18.1 Å². The maximum Gasteiger partial charge on any atom is 0.240 e. The van der Waals surface area contributed by atoms with E-state index in [0.29, 0.717) is 24.1 Å². The molecule has 0 radical (unpaired) electrons. The molecule has 0 amide bonds. The van der Waals surface area contributed by atoms with Crippen molar-refractivity contribution in [3.8, 4) is 0 Å². The molecule has 0 atom stereocenters. The Morgan fingerprint density at radius 2 is 2.10 bits per heavy atom. The van der Waals surface area contributed by atoms with Crippen molar-refractivity contribution in [2.45, 2.75) is 31.8 Å². The van der Waals surface area contributed by atoms with Crippen molar-refractivity contribution in [1.29, 1.82) is 0 Å². The van der Waals surface area contributed by atoms with E-state index in [4.69, 9.17) is 0 Å². The van der Waals surface area contributed by atoms with E-state index in [2.05, 4.69) is 9.71 Å². The largest absolute Gasteiger partial charge is 0.392 e. The zero-order chi connectivity index (χ0) is 15.5. The van der Waals surface area contributed by atoms with Gasteiger partial charge < -0.3 is 5.11 Å². The van der Waals surface area contributed by atoms with Crippen LogP contribution in [0.3, 0.4) is 0 Å². The van der Waals surface area contributed by atoms with Crippen LogP contribution in [0.4, 0.5) is 0 Å². The van der Waals surface area contributed by atoms with Gasteiger partial charge in [-0.3, -0.25) is 0 Å². The molecule has 2 rings (SSSR count). The van der Waals surface area contributed by atoms with Gasteiger partial charge in [0.2, 0.25) is 10.0 Å². The van der Waals surface area contributed by atoms with Gasteiger partial charge in [0.05, 0.1) is 16.5 Å². The maximum absolute atomic E-state index is 12.3. The van der Waals surface area contributed by atoms with Crippen molar-refractivity contribution >= 4 is 21.4 Å². The molecule has 7 heteroatoms. The second-order valence-corrected chi connectivity index (χ2v) is 7.41. The van der Waals surface area contributed by atoms with Gasteiger partial charge in [0, 0.05) is 24.0 Å². The average molecular weight is 326 g/mol. The van der Waals surface area contributed by atoms with E-state index in [1.165, 1.54) is 11.3 Å². The molecule has 0 bridgehead atoms. The van der Waals surface area contributed by atoms with Crippen LogP contribution < -0.4 is 4.72 Å². The van der Waals surface area contributed by atoms with Crippen LogP contribution in [0, 0.1) is 13.8 Å². The summed E-state index contributed by atoms with van der Waals surface area (Å²) in [6.07, 6.45) is 0.566. The molecule has 0 spiro atoms. The predicted octanol–water partition coefficient (Wildman–Crippen LogP) is 1.77. The lowest BCUT2D eigenvalue weighted by atomic mass is 10.1. The molecular formula is C14H18N2O3S2. The monoisotopic (exact) mass is 326 g/mol. The standard InChI is InChI=1S/C14H18N2O3S2/c1-10-9-20-14(16-10)6-7-15-21(18,19)13-5-3-4-12(8-17)11(13)2/h3-5,9,15,17H,6-8H2,1-2H3. The fourth-order valence-electron chi connectivity index (χ4n) is 2.01. The molecule has 21 heavy (non-hydrogen) atoms. The summed E-state index contributed by atoms with van der Waals surface area (Å²) in [6.45, 7) is 3.74. The third kappa shape index (κ3) is 3.88. The summed E-state index contributed by atoms with van der Waals surface area (Å²) >= 11 is 1.53. The second kappa shape index (κ2) is 6.65. The highest BCUT2D eigenvalue weighted by molar-refractivity contribution is 7.89. The van der Waals surface area contributed by atoms with Crippen LogP contribution in [0.5, 0.6) is 0 Å². The molecule has 0 aliphatic heterocycles. The molecule has 2 aromatic rings. The van der Waals surface area contributed by atoms with E-state index in [9.17, 15) is 13.5 Å². The number of hydrogen-bond donors (Lipinski definition) is 2. The lowest BCUT2D eigenvalue weighted by Gasteiger charge is -2.11. The van der Waals surface area contributed by atoms with E-state index < -0.39 is 10.0 Å². The smallest absolute Gasteiger partial charge is 0.240 e. The summed E-state index contributed by atoms with van der Waals surface area (Å²) in [6, 6.07) is 4.90. The molecule has 0 unspecified atom stereocenters. The Kier molecular flexibility index (Phi) is 5.10. The summed E-state index contributed by atoms with van der Waals surface area (Å²) in [5, 5.41) is 12.1. The van der Waals surface area contributed by atoms with Crippen molar-refractivity contribution in [3.05, 3.63) is 45.4 Å². The third-order valence-electron chi connectivity index (χ3n) is 3.15. The predicted molar refractivity (Wildman–Crippen MR) is 82.8 cm³/mol. The van der Waals surface area contributed by atoms with Gasteiger partial charge in [0.1, 0.15) is 0 Å². The molecule has 0 fully saturated rings. The maximum atomic E-state index is 12.3. The number of sulfonamides is 1. The number of aryl methyl sites for hydroxylation is 1. The van der Waals surface area contributed by atoms with Crippen molar-refractivity contribution in [2.75, 3.05) is 6.54 Å². The van der Waals surface area contributed by atoms with Crippen molar-refractivity contribution in [2.24, 2.45) is 0 Å². The SMILES string of the molecule is Cc1csc(CCNS(=O)(=O)c2cccc(CO)c2C)n1. The Labute approximate surface area is 128 Å². The third-order valence-corrected chi connectivity index (χ3v) is 5.79. The topological polar surface area (TPSA) is 79.3 Å². The van der Waals surface area contributed by atoms with Gasteiger partial charge in [-0.1, -0.05) is 12.1 Å². The number of aliphatic hydroxyl groups excluding tert-OH is 1. The number of benzene rings is 1. The van der Waals surface area contributed by atoms with Gasteiger partial charge in [0.25, 0.3) is 0 Å². The van der Waals surface area contributed by atoms with Gasteiger partial charge in [-0.05, 0) is 31.0 Å². The number of nitrogens with one attached hydrogen (secondary N) is 1. The van der Waals surface area contributed by atoms with Crippen LogP contribution in [0.2, 0.25) is 0 Å². The summed E-state index contributed by atoms with van der Waals surface area (Å²) in [7, 11) is -3.57. The summed E-state index contributed by atoms with van der Waals surface area (Å²) < 4.78 is 27.2. The number of aliphatic hydroxyl groups is 1. The first-order chi connectivity index (χ1) is 9.94. The molecular weight excluding hydrogens is 308 g/mol. The minimum atomic E-state index is -3.57. The Balaban J connectivity index is 2.08. The molecule has 0 saturated carbocycles. The van der Waals surface area contributed by atoms with E-state index >= 15 is 0 Å². The van der Waals surface area contributed by atoms with Gasteiger partial charge in [-0.2, -0.15) is 0 Å². The van der Waals surface area contributed by atoms with Crippen molar-refractivity contribution in [1.82, 2.24) is 9.71 Å². The molecule has 1 aromatic carbocycles. The molecule has 5 nitrogen and oxygen atoms in total. The average Bonchev–Trinajstić information content (AvgIpc) is 2.84. The first-order valence-electron chi connectivity index (χ1n) is 6.54. The summed E-state index contributed by atoms with van der Waals surface area (Å²) in [5.74, 6) is 0. The zero-order valence-corrected chi connectivity index (χ0v) is 13.6. The van der Waals surface area contributed by atoms with Crippen LogP contribution in [0.1, 0.15) is 21.8 Å². The van der Waals surface area contributed by atoms with E-state index in [1.54, 1.807) is 25.1 Å². The van der Waals surface area contributed by atoms with E-state index in [-0.39, 0.29) is 11.5 Å². The quantitative estimate of drug-likeness (QED) is 0.848. The molecule has 0 saturated heterocycles. The van der Waals surface area contributed by atoms with Crippen LogP contribution in [0.25, 0.3) is 0 Å². The Morgan fingerprint density at radius 1 is 1.33 bits per heavy atom. The molecule has 0 aliphatic rings. The fraction of sp³-hybridized carbons (Fsp3) is 0.357. The first-order valence-corrected chi connectivity index (χ1v) is 8.90. The molecule has 2 N–H and O–H groups in total. The number of rotatable bonds is 6. The first kappa shape index (κ1) is 16.1. The van der Waals surface area contributed by atoms with E-state index in [1.807, 2.05) is 12.3 Å². The van der Waals surface area contributed by atoms with Crippen molar-refractivity contribution in [3.63, 3.8) is 0 Å². The number of nitrogens with zero attached hydrogens (tertiary/aromatic N) is 1. The van der Waals surface area contributed by atoms with Gasteiger partial charge >= 0.3 is 0 Å². The summed E-state index contributed by atoms with van der Waals surface area (Å²) in [5.41, 5.74) is 2.15. The van der Waals surface area contributed by atoms with Crippen LogP contribution in [0.15, 0.2) is 28.5 Å². The second-order valence-electron chi connectivity index (χ2n) is 4.73. The normalized spacial score (nSPS) is 11.8. The Hall–Kier alpha value is -1.28. The lowest BCUT2D eigenvalue weighted by Crippen LogP contribution is -2.26. The van der Waals surface area contributed by atoms with Gasteiger partial charge in [0.15, 0.2) is 0 Å².